The fourth-order valence-electron chi connectivity index (χ4n) is 5.35. The fourth-order valence-corrected chi connectivity index (χ4v) is 5.35. The zero-order valence-corrected chi connectivity index (χ0v) is 13.3. The molecule has 0 aromatic carbocycles. The summed E-state index contributed by atoms with van der Waals surface area (Å²) in [5.74, 6) is 3.01. The minimum Gasteiger partial charge on any atom is -0.384 e. The van der Waals surface area contributed by atoms with Gasteiger partial charge in [-0.2, -0.15) is 0 Å². The van der Waals surface area contributed by atoms with E-state index >= 15 is 0 Å². The highest BCUT2D eigenvalue weighted by Gasteiger charge is 2.50. The highest BCUT2D eigenvalue weighted by Crippen LogP contribution is 2.55. The summed E-state index contributed by atoms with van der Waals surface area (Å²) in [5.41, 5.74) is 3.99. The van der Waals surface area contributed by atoms with Crippen LogP contribution in [0.15, 0.2) is 28.5 Å². The Balaban J connectivity index is 0.00000121. The molecule has 0 spiro atoms. The van der Waals surface area contributed by atoms with E-state index in [1.165, 1.54) is 44.1 Å². The van der Waals surface area contributed by atoms with Crippen LogP contribution in [0.2, 0.25) is 0 Å². The molecule has 0 amide bonds. The molecule has 2 nitrogen and oxygen atoms in total. The molecule has 0 saturated heterocycles. The van der Waals surface area contributed by atoms with Crippen molar-refractivity contribution in [3.05, 3.63) is 23.5 Å². The molecule has 1 aliphatic heterocycles. The summed E-state index contributed by atoms with van der Waals surface area (Å²) in [6.07, 6.45) is 13.1. The Hall–Kier alpha value is -0.760. The number of nitrogens with zero attached hydrogens (tertiary/aromatic N) is 1. The van der Waals surface area contributed by atoms with Crippen molar-refractivity contribution in [2.24, 2.45) is 22.7 Å². The fraction of sp³-hybridized carbons (Fsp3) is 0.706. The van der Waals surface area contributed by atoms with Crippen molar-refractivity contribution in [3.8, 4) is 0 Å². The van der Waals surface area contributed by atoms with Gasteiger partial charge in [0, 0.05) is 17.5 Å². The van der Waals surface area contributed by atoms with Crippen molar-refractivity contribution in [2.75, 3.05) is 0 Å². The van der Waals surface area contributed by atoms with Crippen LogP contribution in [0.3, 0.4) is 0 Å². The Morgan fingerprint density at radius 3 is 2.10 bits per heavy atom. The number of allylic oxidation sites excluding steroid dienone is 2. The highest BCUT2D eigenvalue weighted by molar-refractivity contribution is 5.97. The van der Waals surface area contributed by atoms with Crippen LogP contribution >= 0.6 is 12.4 Å². The lowest BCUT2D eigenvalue weighted by molar-refractivity contribution is -0.0130. The summed E-state index contributed by atoms with van der Waals surface area (Å²) in [6.45, 7) is 4.24. The molecule has 0 aromatic heterocycles. The van der Waals surface area contributed by atoms with Crippen LogP contribution in [0.5, 0.6) is 0 Å². The lowest BCUT2D eigenvalue weighted by atomic mass is 9.53. The third-order valence-electron chi connectivity index (χ3n) is 5.68. The topological polar surface area (TPSA) is 24.4 Å². The van der Waals surface area contributed by atoms with Crippen molar-refractivity contribution in [3.63, 3.8) is 0 Å². The molecule has 4 saturated carbocycles. The van der Waals surface area contributed by atoms with Gasteiger partial charge in [-0.15, -0.1) is 12.4 Å². The lowest BCUT2D eigenvalue weighted by Gasteiger charge is -2.57. The van der Waals surface area contributed by atoms with Crippen LogP contribution in [0, 0.1) is 17.8 Å². The van der Waals surface area contributed by atoms with Crippen LogP contribution in [-0.4, -0.2) is 11.3 Å². The van der Waals surface area contributed by atoms with Gasteiger partial charge in [-0.1, -0.05) is 0 Å². The molecule has 4 aliphatic carbocycles. The molecule has 0 aromatic rings. The zero-order chi connectivity index (χ0) is 13.0. The minimum atomic E-state index is 0. The van der Waals surface area contributed by atoms with Gasteiger partial charge in [0.1, 0.15) is 0 Å². The van der Waals surface area contributed by atoms with Gasteiger partial charge in [0.05, 0.1) is 5.70 Å². The second-order valence-electron chi connectivity index (χ2n) is 7.45. The standard InChI is InChI=1S/C17H24N2.ClH/c1-11-3-12(2)19-16(11)10-18-17-7-13-4-14(8-17)6-15(5-13)9-17;/h3,10,13-15,18H,4-9H2,1-2H3;1H/b16-10-;. The van der Waals surface area contributed by atoms with Crippen molar-refractivity contribution >= 4 is 18.1 Å². The predicted octanol–water partition coefficient (Wildman–Crippen LogP) is 4.23. The quantitative estimate of drug-likeness (QED) is 0.809. The molecule has 5 aliphatic rings. The summed E-state index contributed by atoms with van der Waals surface area (Å²) < 4.78 is 0. The SMILES string of the molecule is CC1=CC(C)=N/C1=C\NC12CC3CC(CC(C3)C1)C2.Cl. The maximum atomic E-state index is 4.61. The summed E-state index contributed by atoms with van der Waals surface area (Å²) in [4.78, 5) is 4.61. The Morgan fingerprint density at radius 1 is 1.10 bits per heavy atom. The third-order valence-corrected chi connectivity index (χ3v) is 5.68. The number of aliphatic imine (C=N–C) groups is 1. The first-order valence-electron chi connectivity index (χ1n) is 7.84. The number of hydrogen-bond acceptors (Lipinski definition) is 2. The molecular weight excluding hydrogens is 268 g/mol. The predicted molar refractivity (Wildman–Crippen MR) is 86.2 cm³/mol. The van der Waals surface area contributed by atoms with Crippen LogP contribution in [-0.2, 0) is 0 Å². The molecule has 5 rings (SSSR count). The van der Waals surface area contributed by atoms with Crippen molar-refractivity contribution in [1.29, 1.82) is 0 Å². The van der Waals surface area contributed by atoms with Gasteiger partial charge in [-0.25, -0.2) is 0 Å². The molecule has 0 radical (unpaired) electrons. The van der Waals surface area contributed by atoms with Crippen molar-refractivity contribution in [2.45, 2.75) is 57.9 Å². The van der Waals surface area contributed by atoms with Gasteiger partial charge in [0.2, 0.25) is 0 Å². The van der Waals surface area contributed by atoms with Gasteiger partial charge in [-0.3, -0.25) is 4.99 Å². The maximum absolute atomic E-state index is 4.61. The molecule has 1 N–H and O–H groups in total. The number of halogens is 1. The summed E-state index contributed by atoms with van der Waals surface area (Å²) in [6, 6.07) is 0. The Morgan fingerprint density at radius 2 is 1.65 bits per heavy atom. The van der Waals surface area contributed by atoms with Gasteiger partial charge in [-0.05, 0) is 81.8 Å². The van der Waals surface area contributed by atoms with E-state index in [1.54, 1.807) is 0 Å². The first kappa shape index (κ1) is 14.2. The largest absolute Gasteiger partial charge is 0.384 e. The van der Waals surface area contributed by atoms with Crippen LogP contribution < -0.4 is 5.32 Å². The van der Waals surface area contributed by atoms with Crippen molar-refractivity contribution < 1.29 is 0 Å². The monoisotopic (exact) mass is 292 g/mol. The lowest BCUT2D eigenvalue weighted by Crippen LogP contribution is -2.57. The van der Waals surface area contributed by atoms with E-state index in [4.69, 9.17) is 0 Å². The number of hydrogen-bond donors (Lipinski definition) is 1. The molecule has 4 fully saturated rings. The van der Waals surface area contributed by atoms with E-state index in [9.17, 15) is 0 Å². The van der Waals surface area contributed by atoms with E-state index in [0.717, 1.165) is 29.2 Å². The number of rotatable bonds is 2. The van der Waals surface area contributed by atoms with Crippen LogP contribution in [0.1, 0.15) is 52.4 Å². The van der Waals surface area contributed by atoms with Crippen molar-refractivity contribution in [1.82, 2.24) is 5.32 Å². The summed E-state index contributed by atoms with van der Waals surface area (Å²) >= 11 is 0. The Bertz CT molecular complexity index is 466. The molecule has 1 heterocycles. The van der Waals surface area contributed by atoms with E-state index in [1.807, 2.05) is 0 Å². The highest BCUT2D eigenvalue weighted by atomic mass is 35.5. The first-order chi connectivity index (χ1) is 9.12. The molecule has 0 unspecified atom stereocenters. The molecule has 110 valence electrons. The average Bonchev–Trinajstić information content (AvgIpc) is 2.64. The molecule has 4 bridgehead atoms. The Labute approximate surface area is 128 Å². The third kappa shape index (κ3) is 2.32. The smallest absolute Gasteiger partial charge is 0.0819 e. The second kappa shape index (κ2) is 4.91. The van der Waals surface area contributed by atoms with Gasteiger partial charge < -0.3 is 5.32 Å². The number of nitrogens with one attached hydrogen (secondary N) is 1. The molecular formula is C17H25ClN2. The maximum Gasteiger partial charge on any atom is 0.0819 e. The Kier molecular flexibility index (Phi) is 3.48. The minimum absolute atomic E-state index is 0. The van der Waals surface area contributed by atoms with E-state index in [0.29, 0.717) is 5.54 Å². The normalized spacial score (nSPS) is 43.3. The van der Waals surface area contributed by atoms with E-state index in [-0.39, 0.29) is 12.4 Å². The van der Waals surface area contributed by atoms with Gasteiger partial charge in [0.15, 0.2) is 0 Å². The zero-order valence-electron chi connectivity index (χ0n) is 12.5. The van der Waals surface area contributed by atoms with Gasteiger partial charge >= 0.3 is 0 Å². The van der Waals surface area contributed by atoms with E-state index in [2.05, 4.69) is 36.4 Å². The molecule has 0 atom stereocenters. The van der Waals surface area contributed by atoms with E-state index < -0.39 is 0 Å². The van der Waals surface area contributed by atoms with Crippen LogP contribution in [0.25, 0.3) is 0 Å². The molecule has 3 heteroatoms. The van der Waals surface area contributed by atoms with Gasteiger partial charge in [0.25, 0.3) is 0 Å². The summed E-state index contributed by atoms with van der Waals surface area (Å²) in [5, 5.41) is 3.81. The second-order valence-corrected chi connectivity index (χ2v) is 7.45. The summed E-state index contributed by atoms with van der Waals surface area (Å²) in [7, 11) is 0. The average molecular weight is 293 g/mol. The molecule has 20 heavy (non-hydrogen) atoms. The van der Waals surface area contributed by atoms with Crippen LogP contribution in [0.4, 0.5) is 0 Å². The first-order valence-corrected chi connectivity index (χ1v) is 7.84.